The summed E-state index contributed by atoms with van der Waals surface area (Å²) in [7, 11) is 0. The highest BCUT2D eigenvalue weighted by molar-refractivity contribution is 6.31. The van der Waals surface area contributed by atoms with Gasteiger partial charge < -0.3 is 14.5 Å². The topological polar surface area (TPSA) is 69.3 Å². The molecule has 0 aliphatic carbocycles. The lowest BCUT2D eigenvalue weighted by Gasteiger charge is -2.26. The molecule has 204 valence electrons. The number of furan rings is 1. The lowest BCUT2D eigenvalue weighted by molar-refractivity contribution is 0.0992. The van der Waals surface area contributed by atoms with Gasteiger partial charge in [-0.25, -0.2) is 4.39 Å². The Morgan fingerprint density at radius 2 is 1.73 bits per heavy atom. The van der Waals surface area contributed by atoms with Crippen LogP contribution in [0.3, 0.4) is 0 Å². The van der Waals surface area contributed by atoms with Crippen LogP contribution in [0.2, 0.25) is 5.02 Å². The molecule has 1 amide bonds. The highest BCUT2D eigenvalue weighted by Crippen LogP contribution is 2.32. The normalized spacial score (nSPS) is 11.4. The molecule has 0 radical (unpaired) electrons. The molecule has 0 bridgehead atoms. The quantitative estimate of drug-likeness (QED) is 0.201. The van der Waals surface area contributed by atoms with Gasteiger partial charge in [0.05, 0.1) is 6.54 Å². The van der Waals surface area contributed by atoms with E-state index >= 15 is 0 Å². The summed E-state index contributed by atoms with van der Waals surface area (Å²) < 4.78 is 26.6. The van der Waals surface area contributed by atoms with Crippen molar-refractivity contribution in [2.24, 2.45) is 0 Å². The zero-order valence-electron chi connectivity index (χ0n) is 22.4. The van der Waals surface area contributed by atoms with Crippen molar-refractivity contribution in [2.75, 3.05) is 5.32 Å². The summed E-state index contributed by atoms with van der Waals surface area (Å²) in [5, 5.41) is 7.50. The molecular weight excluding hydrogens is 529 g/mol. The Hall–Kier alpha value is -4.36. The number of benzene rings is 3. The fourth-order valence-corrected chi connectivity index (χ4v) is 4.67. The monoisotopic (exact) mass is 557 g/mol. The predicted octanol–water partition coefficient (Wildman–Crippen LogP) is 7.78. The van der Waals surface area contributed by atoms with Gasteiger partial charge >= 0.3 is 0 Å². The van der Waals surface area contributed by atoms with Crippen LogP contribution in [0.15, 0.2) is 95.4 Å². The minimum atomic E-state index is -0.428. The predicted molar refractivity (Wildman–Crippen MR) is 153 cm³/mol. The molecule has 1 N–H and O–H groups in total. The van der Waals surface area contributed by atoms with Crippen molar-refractivity contribution in [3.05, 3.63) is 136 Å². The van der Waals surface area contributed by atoms with Crippen molar-refractivity contribution in [3.8, 4) is 5.75 Å². The van der Waals surface area contributed by atoms with Gasteiger partial charge in [-0.15, -0.1) is 0 Å². The molecule has 2 heterocycles. The first-order valence-corrected chi connectivity index (χ1v) is 13.2. The first-order valence-electron chi connectivity index (χ1n) is 12.9. The number of halogens is 2. The van der Waals surface area contributed by atoms with Crippen LogP contribution in [0.1, 0.15) is 52.5 Å². The number of hydrogen-bond donors (Lipinski definition) is 1. The maximum atomic E-state index is 13.3. The van der Waals surface area contributed by atoms with E-state index in [9.17, 15) is 9.18 Å². The Kier molecular flexibility index (Phi) is 7.76. The molecule has 0 unspecified atom stereocenters. The molecule has 2 aromatic heterocycles. The van der Waals surface area contributed by atoms with Crippen LogP contribution in [0.5, 0.6) is 5.75 Å². The summed E-state index contributed by atoms with van der Waals surface area (Å²) in [5.41, 5.74) is 3.82. The van der Waals surface area contributed by atoms with Crippen LogP contribution in [0.4, 0.5) is 10.2 Å². The number of rotatable bonds is 9. The largest absolute Gasteiger partial charge is 0.486 e. The molecule has 0 atom stereocenters. The highest BCUT2D eigenvalue weighted by Gasteiger charge is 2.22. The number of amides is 1. The summed E-state index contributed by atoms with van der Waals surface area (Å²) in [6, 6.07) is 27.7. The minimum Gasteiger partial charge on any atom is -0.486 e. The first kappa shape index (κ1) is 27.2. The van der Waals surface area contributed by atoms with Crippen LogP contribution in [0, 0.1) is 12.7 Å². The van der Waals surface area contributed by atoms with Crippen molar-refractivity contribution in [2.45, 2.75) is 39.3 Å². The van der Waals surface area contributed by atoms with Gasteiger partial charge in [-0.3, -0.25) is 9.48 Å². The minimum absolute atomic E-state index is 0.133. The third-order valence-corrected chi connectivity index (χ3v) is 7.25. The Bertz CT molecular complexity index is 1630. The summed E-state index contributed by atoms with van der Waals surface area (Å²) in [6.07, 6.45) is 0. The second kappa shape index (κ2) is 11.4. The van der Waals surface area contributed by atoms with Crippen LogP contribution >= 0.6 is 11.6 Å². The third-order valence-electron chi connectivity index (χ3n) is 6.90. The smallest absolute Gasteiger partial charge is 0.292 e. The molecule has 0 aliphatic heterocycles. The first-order chi connectivity index (χ1) is 19.2. The van der Waals surface area contributed by atoms with Gasteiger partial charge in [0.1, 0.15) is 23.9 Å². The summed E-state index contributed by atoms with van der Waals surface area (Å²) in [6.45, 7) is 6.77. The van der Waals surface area contributed by atoms with Crippen molar-refractivity contribution >= 4 is 23.3 Å². The number of nitrogens with zero attached hydrogens (tertiary/aromatic N) is 2. The van der Waals surface area contributed by atoms with Crippen LogP contribution in [-0.2, 0) is 18.6 Å². The molecule has 0 spiro atoms. The number of hydrogen-bond acceptors (Lipinski definition) is 4. The molecule has 8 heteroatoms. The van der Waals surface area contributed by atoms with E-state index in [1.165, 1.54) is 23.3 Å². The van der Waals surface area contributed by atoms with E-state index in [1.54, 1.807) is 28.9 Å². The maximum absolute atomic E-state index is 13.3. The Morgan fingerprint density at radius 1 is 1.00 bits per heavy atom. The molecular formula is C32H29ClFN3O3. The van der Waals surface area contributed by atoms with E-state index in [1.807, 2.05) is 37.3 Å². The van der Waals surface area contributed by atoms with Gasteiger partial charge in [0, 0.05) is 22.2 Å². The third kappa shape index (κ3) is 6.10. The number of anilines is 1. The highest BCUT2D eigenvalue weighted by atomic mass is 35.5. The molecule has 0 aliphatic rings. The van der Waals surface area contributed by atoms with Gasteiger partial charge in [-0.05, 0) is 60.0 Å². The second-order valence-electron chi connectivity index (χ2n) is 10.1. The fraction of sp³-hybridized carbons (Fsp3) is 0.188. The van der Waals surface area contributed by atoms with Crippen LogP contribution in [0.25, 0.3) is 0 Å². The SMILES string of the molecule is Cc1cc(NC(=O)c2ccc(COc3ccc(C(C)(C)c4ccccc4)cc3)o2)nn1Cc1ccc(F)cc1Cl. The molecule has 40 heavy (non-hydrogen) atoms. The Balaban J connectivity index is 1.17. The lowest BCUT2D eigenvalue weighted by Crippen LogP contribution is -2.18. The van der Waals surface area contributed by atoms with E-state index in [0.717, 1.165) is 11.3 Å². The average molecular weight is 558 g/mol. The molecule has 0 saturated heterocycles. The molecule has 5 rings (SSSR count). The standard InChI is InChI=1S/C32H29ClFN3O3/c1-21-17-30(36-37(21)19-22-9-12-25(34)18-28(22)33)35-31(38)29-16-15-27(40-29)20-39-26-13-10-24(11-14-26)32(2,3)23-7-5-4-6-8-23/h4-18H,19-20H2,1-3H3,(H,35,36,38). The number of carbonyl (C=O) groups excluding carboxylic acids is 1. The second-order valence-corrected chi connectivity index (χ2v) is 10.5. The summed E-state index contributed by atoms with van der Waals surface area (Å²) >= 11 is 6.14. The van der Waals surface area contributed by atoms with E-state index < -0.39 is 11.7 Å². The van der Waals surface area contributed by atoms with Crippen LogP contribution in [-0.4, -0.2) is 15.7 Å². The van der Waals surface area contributed by atoms with E-state index in [-0.39, 0.29) is 17.8 Å². The number of ether oxygens (including phenoxy) is 1. The maximum Gasteiger partial charge on any atom is 0.292 e. The average Bonchev–Trinajstić information content (AvgIpc) is 3.56. The number of aromatic nitrogens is 2. The Morgan fingerprint density at radius 3 is 2.45 bits per heavy atom. The number of aryl methyl sites for hydroxylation is 1. The molecule has 3 aromatic carbocycles. The van der Waals surface area contributed by atoms with Gasteiger partial charge in [-0.1, -0.05) is 74.0 Å². The molecule has 5 aromatic rings. The summed E-state index contributed by atoms with van der Waals surface area (Å²) in [5.74, 6) is 0.913. The number of carbonyl (C=O) groups is 1. The van der Waals surface area contributed by atoms with Crippen molar-refractivity contribution in [3.63, 3.8) is 0 Å². The van der Waals surface area contributed by atoms with Gasteiger partial charge in [0.25, 0.3) is 5.91 Å². The van der Waals surface area contributed by atoms with E-state index in [2.05, 4.69) is 48.5 Å². The fourth-order valence-electron chi connectivity index (χ4n) is 4.44. The van der Waals surface area contributed by atoms with Gasteiger partial charge in [0.15, 0.2) is 11.6 Å². The molecule has 6 nitrogen and oxygen atoms in total. The molecule has 0 saturated carbocycles. The van der Waals surface area contributed by atoms with Gasteiger partial charge in [-0.2, -0.15) is 5.10 Å². The van der Waals surface area contributed by atoms with Gasteiger partial charge in [0.2, 0.25) is 0 Å². The van der Waals surface area contributed by atoms with E-state index in [0.29, 0.717) is 28.9 Å². The van der Waals surface area contributed by atoms with Crippen molar-refractivity contribution < 1.29 is 18.3 Å². The van der Waals surface area contributed by atoms with Crippen molar-refractivity contribution in [1.82, 2.24) is 9.78 Å². The van der Waals surface area contributed by atoms with Crippen molar-refractivity contribution in [1.29, 1.82) is 0 Å². The molecule has 0 fully saturated rings. The zero-order chi connectivity index (χ0) is 28.3. The Labute approximate surface area is 237 Å². The zero-order valence-corrected chi connectivity index (χ0v) is 23.2. The summed E-state index contributed by atoms with van der Waals surface area (Å²) in [4.78, 5) is 12.8. The number of nitrogens with one attached hydrogen (secondary N) is 1. The van der Waals surface area contributed by atoms with E-state index in [4.69, 9.17) is 20.8 Å². The lowest BCUT2D eigenvalue weighted by atomic mass is 9.78. The van der Waals surface area contributed by atoms with Crippen LogP contribution < -0.4 is 10.1 Å².